The number of carbonyl (C=O) groups is 3. The summed E-state index contributed by atoms with van der Waals surface area (Å²) in [6.07, 6.45) is 0.713. The van der Waals surface area contributed by atoms with Crippen molar-refractivity contribution >= 4 is 17.7 Å². The van der Waals surface area contributed by atoms with Crippen LogP contribution in [0.2, 0.25) is 0 Å². The molecule has 6 nitrogen and oxygen atoms in total. The van der Waals surface area contributed by atoms with Crippen LogP contribution in [-0.2, 0) is 17.9 Å². The standard InChI is InChI=1S/C22H25N3O3/c1-24(2)15-17-11-9-16(10-12-17)14-23-20(26)8-5-13-25-21(27)18-6-3-4-7-19(18)22(25)28/h3-4,6-7,9-12H,5,8,13-15H2,1-2H3,(H,23,26). The van der Waals surface area contributed by atoms with E-state index in [0.29, 0.717) is 24.1 Å². The summed E-state index contributed by atoms with van der Waals surface area (Å²) >= 11 is 0. The lowest BCUT2D eigenvalue weighted by Gasteiger charge is -2.13. The zero-order valence-electron chi connectivity index (χ0n) is 16.3. The Morgan fingerprint density at radius 3 is 2.07 bits per heavy atom. The first-order valence-electron chi connectivity index (χ1n) is 9.40. The van der Waals surface area contributed by atoms with Crippen LogP contribution in [0.4, 0.5) is 0 Å². The quantitative estimate of drug-likeness (QED) is 0.716. The number of hydrogen-bond acceptors (Lipinski definition) is 4. The van der Waals surface area contributed by atoms with Gasteiger partial charge in [-0.15, -0.1) is 0 Å². The van der Waals surface area contributed by atoms with Gasteiger partial charge in [0.05, 0.1) is 11.1 Å². The summed E-state index contributed by atoms with van der Waals surface area (Å²) in [5.74, 6) is -0.647. The van der Waals surface area contributed by atoms with Crippen molar-refractivity contribution in [2.24, 2.45) is 0 Å². The largest absolute Gasteiger partial charge is 0.352 e. The van der Waals surface area contributed by atoms with Gasteiger partial charge in [0, 0.05) is 26.1 Å². The van der Waals surface area contributed by atoms with Gasteiger partial charge in [0.15, 0.2) is 0 Å². The summed E-state index contributed by atoms with van der Waals surface area (Å²) in [6, 6.07) is 14.9. The van der Waals surface area contributed by atoms with Crippen LogP contribution in [0.3, 0.4) is 0 Å². The molecule has 28 heavy (non-hydrogen) atoms. The molecule has 146 valence electrons. The molecule has 0 fully saturated rings. The molecule has 6 heteroatoms. The fraction of sp³-hybridized carbons (Fsp3) is 0.318. The van der Waals surface area contributed by atoms with Crippen molar-refractivity contribution in [2.75, 3.05) is 20.6 Å². The van der Waals surface area contributed by atoms with E-state index in [1.807, 2.05) is 26.2 Å². The number of rotatable bonds is 8. The first kappa shape index (κ1) is 19.8. The Hall–Kier alpha value is -2.99. The number of hydrogen-bond donors (Lipinski definition) is 1. The van der Waals surface area contributed by atoms with Crippen LogP contribution in [-0.4, -0.2) is 48.2 Å². The van der Waals surface area contributed by atoms with E-state index in [4.69, 9.17) is 0 Å². The zero-order chi connectivity index (χ0) is 20.1. The molecule has 0 unspecified atom stereocenters. The lowest BCUT2D eigenvalue weighted by atomic mass is 10.1. The van der Waals surface area contributed by atoms with Gasteiger partial charge in [-0.2, -0.15) is 0 Å². The van der Waals surface area contributed by atoms with Crippen molar-refractivity contribution in [2.45, 2.75) is 25.9 Å². The highest BCUT2D eigenvalue weighted by Gasteiger charge is 2.34. The molecule has 3 rings (SSSR count). The van der Waals surface area contributed by atoms with Crippen LogP contribution in [0.25, 0.3) is 0 Å². The molecule has 0 saturated carbocycles. The lowest BCUT2D eigenvalue weighted by molar-refractivity contribution is -0.121. The molecule has 0 aliphatic carbocycles. The topological polar surface area (TPSA) is 69.7 Å². The molecule has 1 N–H and O–H groups in total. The van der Waals surface area contributed by atoms with E-state index >= 15 is 0 Å². The first-order chi connectivity index (χ1) is 13.5. The Labute approximate surface area is 165 Å². The van der Waals surface area contributed by atoms with Gasteiger partial charge in [0.1, 0.15) is 0 Å². The fourth-order valence-corrected chi connectivity index (χ4v) is 3.26. The third-order valence-electron chi connectivity index (χ3n) is 4.68. The maximum absolute atomic E-state index is 12.3. The summed E-state index contributed by atoms with van der Waals surface area (Å²) in [6.45, 7) is 1.59. The van der Waals surface area contributed by atoms with Gasteiger partial charge in [-0.05, 0) is 43.8 Å². The number of amides is 3. The van der Waals surface area contributed by atoms with Gasteiger partial charge >= 0.3 is 0 Å². The number of carbonyl (C=O) groups excluding carboxylic acids is 3. The molecule has 1 aliphatic rings. The average molecular weight is 379 g/mol. The van der Waals surface area contributed by atoms with Crippen molar-refractivity contribution in [3.8, 4) is 0 Å². The van der Waals surface area contributed by atoms with Crippen molar-refractivity contribution < 1.29 is 14.4 Å². The number of benzene rings is 2. The van der Waals surface area contributed by atoms with E-state index < -0.39 is 0 Å². The van der Waals surface area contributed by atoms with Gasteiger partial charge in [-0.25, -0.2) is 0 Å². The Balaban J connectivity index is 1.42. The fourth-order valence-electron chi connectivity index (χ4n) is 3.26. The summed E-state index contributed by atoms with van der Waals surface area (Å²) in [5.41, 5.74) is 3.14. The van der Waals surface area contributed by atoms with E-state index in [9.17, 15) is 14.4 Å². The Morgan fingerprint density at radius 1 is 0.929 bits per heavy atom. The first-order valence-corrected chi connectivity index (χ1v) is 9.40. The average Bonchev–Trinajstić information content (AvgIpc) is 2.92. The summed E-state index contributed by atoms with van der Waals surface area (Å²) < 4.78 is 0. The molecule has 2 aromatic carbocycles. The number of fused-ring (bicyclic) bond motifs is 1. The van der Waals surface area contributed by atoms with Crippen molar-refractivity contribution in [3.05, 3.63) is 70.8 Å². The molecule has 0 bridgehead atoms. The zero-order valence-corrected chi connectivity index (χ0v) is 16.3. The van der Waals surface area contributed by atoms with E-state index in [2.05, 4.69) is 22.3 Å². The summed E-state index contributed by atoms with van der Waals surface area (Å²) in [5, 5.41) is 2.89. The van der Waals surface area contributed by atoms with Crippen LogP contribution in [0.1, 0.15) is 44.7 Å². The smallest absolute Gasteiger partial charge is 0.261 e. The molecule has 0 spiro atoms. The minimum absolute atomic E-state index is 0.0889. The van der Waals surface area contributed by atoms with Gasteiger partial charge in [0.2, 0.25) is 5.91 Å². The van der Waals surface area contributed by atoms with E-state index in [1.165, 1.54) is 10.5 Å². The van der Waals surface area contributed by atoms with Crippen LogP contribution >= 0.6 is 0 Å². The predicted molar refractivity (Wildman–Crippen MR) is 107 cm³/mol. The van der Waals surface area contributed by atoms with Crippen LogP contribution in [0.15, 0.2) is 48.5 Å². The Kier molecular flexibility index (Phi) is 6.21. The van der Waals surface area contributed by atoms with Crippen LogP contribution < -0.4 is 5.32 Å². The molecular formula is C22H25N3O3. The second kappa shape index (κ2) is 8.80. The minimum Gasteiger partial charge on any atom is -0.352 e. The highest BCUT2D eigenvalue weighted by molar-refractivity contribution is 6.21. The Bertz CT molecular complexity index is 840. The number of nitrogens with zero attached hydrogens (tertiary/aromatic N) is 2. The number of nitrogens with one attached hydrogen (secondary N) is 1. The molecular weight excluding hydrogens is 354 g/mol. The molecule has 2 aromatic rings. The maximum Gasteiger partial charge on any atom is 0.261 e. The van der Waals surface area contributed by atoms with E-state index in [-0.39, 0.29) is 30.7 Å². The minimum atomic E-state index is -0.279. The third-order valence-corrected chi connectivity index (χ3v) is 4.68. The molecule has 1 heterocycles. The second-order valence-corrected chi connectivity index (χ2v) is 7.24. The molecule has 0 atom stereocenters. The number of imide groups is 1. The Morgan fingerprint density at radius 2 is 1.50 bits per heavy atom. The van der Waals surface area contributed by atoms with E-state index in [1.54, 1.807) is 24.3 Å². The van der Waals surface area contributed by atoms with Crippen molar-refractivity contribution in [1.29, 1.82) is 0 Å². The molecule has 0 aromatic heterocycles. The summed E-state index contributed by atoms with van der Waals surface area (Å²) in [7, 11) is 4.05. The predicted octanol–water partition coefficient (Wildman–Crippen LogP) is 2.44. The van der Waals surface area contributed by atoms with Gasteiger partial charge < -0.3 is 10.2 Å². The highest BCUT2D eigenvalue weighted by atomic mass is 16.2. The maximum atomic E-state index is 12.3. The van der Waals surface area contributed by atoms with Gasteiger partial charge in [-0.3, -0.25) is 19.3 Å². The molecule has 3 amide bonds. The van der Waals surface area contributed by atoms with Crippen LogP contribution in [0, 0.1) is 0 Å². The third kappa shape index (κ3) is 4.64. The van der Waals surface area contributed by atoms with Crippen molar-refractivity contribution in [1.82, 2.24) is 15.1 Å². The summed E-state index contributed by atoms with van der Waals surface area (Å²) in [4.78, 5) is 40.0. The SMILES string of the molecule is CN(C)Cc1ccc(CNC(=O)CCCN2C(=O)c3ccccc3C2=O)cc1. The van der Waals surface area contributed by atoms with Gasteiger partial charge in [-0.1, -0.05) is 36.4 Å². The molecule has 1 aliphatic heterocycles. The van der Waals surface area contributed by atoms with Gasteiger partial charge in [0.25, 0.3) is 11.8 Å². The van der Waals surface area contributed by atoms with E-state index in [0.717, 1.165) is 12.1 Å². The lowest BCUT2D eigenvalue weighted by Crippen LogP contribution is -2.32. The normalized spacial score (nSPS) is 13.2. The monoisotopic (exact) mass is 379 g/mol. The van der Waals surface area contributed by atoms with Crippen LogP contribution in [0.5, 0.6) is 0 Å². The molecule has 0 radical (unpaired) electrons. The second-order valence-electron chi connectivity index (χ2n) is 7.24. The molecule has 0 saturated heterocycles. The highest BCUT2D eigenvalue weighted by Crippen LogP contribution is 2.22. The van der Waals surface area contributed by atoms with Crippen molar-refractivity contribution in [3.63, 3.8) is 0 Å².